The van der Waals surface area contributed by atoms with Crippen LogP contribution in [-0.2, 0) is 14.8 Å². The topological polar surface area (TPSA) is 156 Å². The van der Waals surface area contributed by atoms with Crippen molar-refractivity contribution in [3.05, 3.63) is 53.6 Å². The molecule has 170 valence electrons. The summed E-state index contributed by atoms with van der Waals surface area (Å²) in [5.74, 6) is -2.42. The summed E-state index contributed by atoms with van der Waals surface area (Å²) < 4.78 is 33.6. The number of primary amides is 1. The minimum atomic E-state index is -4.29. The molecule has 1 aliphatic rings. The van der Waals surface area contributed by atoms with Crippen LogP contribution >= 0.6 is 0 Å². The van der Waals surface area contributed by atoms with Crippen LogP contribution in [0.3, 0.4) is 0 Å². The molecule has 2 amide bonds. The van der Waals surface area contributed by atoms with Gasteiger partial charge in [-0.15, -0.1) is 0 Å². The monoisotopic (exact) mass is 461 g/mol. The molecule has 1 aliphatic heterocycles. The molecule has 0 atom stereocenters. The number of nitrogens with one attached hydrogen (secondary N) is 1. The fraction of sp³-hybridized carbons (Fsp3) is 0.286. The van der Waals surface area contributed by atoms with E-state index in [1.54, 1.807) is 12.1 Å². The Hall–Kier alpha value is -3.60. The first-order valence-corrected chi connectivity index (χ1v) is 11.2. The average Bonchev–Trinajstić information content (AvgIpc) is 2.78. The smallest absolute Gasteiger partial charge is 0.335 e. The summed E-state index contributed by atoms with van der Waals surface area (Å²) >= 11 is 0. The Morgan fingerprint density at radius 3 is 2.38 bits per heavy atom. The number of hydrogen-bond donors (Lipinski definition) is 3. The molecule has 3 rings (SSSR count). The summed E-state index contributed by atoms with van der Waals surface area (Å²) in [6, 6.07) is 9.57. The van der Waals surface area contributed by atoms with E-state index in [1.807, 2.05) is 0 Å². The highest BCUT2D eigenvalue weighted by Crippen LogP contribution is 2.29. The van der Waals surface area contributed by atoms with Crippen LogP contribution in [-0.4, -0.2) is 56.4 Å². The van der Waals surface area contributed by atoms with Gasteiger partial charge >= 0.3 is 5.97 Å². The summed E-state index contributed by atoms with van der Waals surface area (Å²) in [5, 5.41) is 9.21. The van der Waals surface area contributed by atoms with Crippen molar-refractivity contribution in [3.63, 3.8) is 0 Å². The Labute approximate surface area is 185 Å². The van der Waals surface area contributed by atoms with Gasteiger partial charge in [-0.1, -0.05) is 12.1 Å². The van der Waals surface area contributed by atoms with Crippen molar-refractivity contribution >= 4 is 33.5 Å². The minimum Gasteiger partial charge on any atom is -0.495 e. The molecule has 10 nitrogen and oxygen atoms in total. The second kappa shape index (κ2) is 9.27. The number of anilines is 1. The first-order chi connectivity index (χ1) is 15.1. The molecule has 0 radical (unpaired) electrons. The van der Waals surface area contributed by atoms with E-state index in [2.05, 4.69) is 4.72 Å². The van der Waals surface area contributed by atoms with Gasteiger partial charge in [-0.2, -0.15) is 0 Å². The van der Waals surface area contributed by atoms with Crippen molar-refractivity contribution in [2.45, 2.75) is 17.7 Å². The van der Waals surface area contributed by atoms with Crippen molar-refractivity contribution in [1.82, 2.24) is 4.90 Å². The highest BCUT2D eigenvalue weighted by Gasteiger charge is 2.29. The van der Waals surface area contributed by atoms with E-state index in [-0.39, 0.29) is 33.4 Å². The molecule has 4 N–H and O–H groups in total. The summed E-state index contributed by atoms with van der Waals surface area (Å²) in [7, 11) is -3.02. The number of rotatable bonds is 7. The molecule has 0 bridgehead atoms. The first kappa shape index (κ1) is 23.1. The molecule has 1 heterocycles. The number of carbonyl (C=O) groups excluding carboxylic acids is 2. The zero-order valence-electron chi connectivity index (χ0n) is 17.3. The molecule has 0 spiro atoms. The number of methoxy groups -OCH3 is 1. The first-order valence-electron chi connectivity index (χ1n) is 9.76. The molecule has 1 saturated heterocycles. The van der Waals surface area contributed by atoms with Crippen LogP contribution in [0.15, 0.2) is 47.4 Å². The van der Waals surface area contributed by atoms with Crippen LogP contribution in [0.1, 0.15) is 33.6 Å². The molecular weight excluding hydrogens is 438 g/mol. The lowest BCUT2D eigenvalue weighted by atomic mass is 9.96. The van der Waals surface area contributed by atoms with Crippen LogP contribution < -0.4 is 15.2 Å². The number of hydrogen-bond acceptors (Lipinski definition) is 6. The van der Waals surface area contributed by atoms with E-state index < -0.39 is 27.8 Å². The zero-order valence-corrected chi connectivity index (χ0v) is 18.1. The quantitative estimate of drug-likeness (QED) is 0.564. The van der Waals surface area contributed by atoms with Crippen LogP contribution in [0.5, 0.6) is 5.75 Å². The van der Waals surface area contributed by atoms with Crippen molar-refractivity contribution in [3.8, 4) is 5.75 Å². The van der Waals surface area contributed by atoms with Crippen LogP contribution in [0.25, 0.3) is 0 Å². The van der Waals surface area contributed by atoms with Gasteiger partial charge in [-0.05, 0) is 43.2 Å². The number of ether oxygens (including phenoxy) is 1. The number of aromatic carboxylic acids is 1. The number of benzene rings is 2. The van der Waals surface area contributed by atoms with E-state index in [0.717, 1.165) is 6.07 Å². The molecule has 0 aromatic heterocycles. The Balaban J connectivity index is 1.90. The van der Waals surface area contributed by atoms with E-state index in [0.29, 0.717) is 25.9 Å². The molecular formula is C21H23N3O7S. The molecule has 0 aliphatic carbocycles. The average molecular weight is 461 g/mol. The molecule has 2 aromatic carbocycles. The molecule has 1 fully saturated rings. The number of carboxylic acid groups (broad SMARTS) is 1. The molecule has 0 saturated carbocycles. The summed E-state index contributed by atoms with van der Waals surface area (Å²) in [5.41, 5.74) is 5.27. The van der Waals surface area contributed by atoms with Crippen molar-refractivity contribution in [2.24, 2.45) is 11.7 Å². The fourth-order valence-electron chi connectivity index (χ4n) is 3.52. The van der Waals surface area contributed by atoms with Gasteiger partial charge in [0.1, 0.15) is 10.6 Å². The Bertz CT molecular complexity index is 1160. The summed E-state index contributed by atoms with van der Waals surface area (Å²) in [6.07, 6.45) is 0.877. The Morgan fingerprint density at radius 2 is 1.78 bits per heavy atom. The van der Waals surface area contributed by atoms with E-state index in [4.69, 9.17) is 10.5 Å². The molecule has 0 unspecified atom stereocenters. The Kier molecular flexibility index (Phi) is 6.68. The maximum Gasteiger partial charge on any atom is 0.335 e. The van der Waals surface area contributed by atoms with E-state index in [1.165, 1.54) is 36.3 Å². The number of likely N-dealkylation sites (tertiary alicyclic amines) is 1. The van der Waals surface area contributed by atoms with Crippen molar-refractivity contribution in [1.29, 1.82) is 0 Å². The van der Waals surface area contributed by atoms with Gasteiger partial charge in [0.15, 0.2) is 0 Å². The third kappa shape index (κ3) is 4.83. The number of nitrogens with zero attached hydrogens (tertiary/aromatic N) is 1. The number of carbonyl (C=O) groups is 3. The number of nitrogens with two attached hydrogens (primary N) is 1. The third-order valence-electron chi connectivity index (χ3n) is 5.29. The molecule has 2 aromatic rings. The summed E-state index contributed by atoms with van der Waals surface area (Å²) in [4.78, 5) is 36.9. The fourth-order valence-corrected chi connectivity index (χ4v) is 4.79. The van der Waals surface area contributed by atoms with Gasteiger partial charge in [0.25, 0.3) is 15.9 Å². The van der Waals surface area contributed by atoms with Gasteiger partial charge in [-0.25, -0.2) is 13.2 Å². The molecule has 11 heteroatoms. The lowest BCUT2D eigenvalue weighted by molar-refractivity contribution is -0.123. The van der Waals surface area contributed by atoms with Gasteiger partial charge in [0, 0.05) is 19.0 Å². The Morgan fingerprint density at radius 1 is 1.12 bits per heavy atom. The number of piperidine rings is 1. The standard InChI is InChI=1S/C21H23N3O7S/c1-31-17-7-6-14(21(27)28)12-18(17)32(29,30)23-16-5-3-2-4-15(16)20(26)24-10-8-13(9-11-24)19(22)25/h2-7,12-13,23H,8-11H2,1H3,(H2,22,25)(H,27,28). The second-order valence-corrected chi connectivity index (χ2v) is 8.94. The van der Waals surface area contributed by atoms with Crippen LogP contribution in [0.4, 0.5) is 5.69 Å². The van der Waals surface area contributed by atoms with Crippen LogP contribution in [0, 0.1) is 5.92 Å². The normalized spacial score (nSPS) is 14.6. The predicted octanol–water partition coefficient (Wildman–Crippen LogP) is 1.53. The maximum atomic E-state index is 13.1. The van der Waals surface area contributed by atoms with Crippen molar-refractivity contribution in [2.75, 3.05) is 24.9 Å². The van der Waals surface area contributed by atoms with Gasteiger partial charge in [-0.3, -0.25) is 14.3 Å². The van der Waals surface area contributed by atoms with Gasteiger partial charge in [0.05, 0.1) is 23.9 Å². The van der Waals surface area contributed by atoms with Gasteiger partial charge < -0.3 is 20.5 Å². The second-order valence-electron chi connectivity index (χ2n) is 7.29. The lowest BCUT2D eigenvalue weighted by Crippen LogP contribution is -2.42. The maximum absolute atomic E-state index is 13.1. The number of sulfonamides is 1. The van der Waals surface area contributed by atoms with Crippen molar-refractivity contribution < 1.29 is 32.6 Å². The number of carboxylic acids is 1. The highest BCUT2D eigenvalue weighted by molar-refractivity contribution is 7.92. The van der Waals surface area contributed by atoms with E-state index >= 15 is 0 Å². The largest absolute Gasteiger partial charge is 0.495 e. The lowest BCUT2D eigenvalue weighted by Gasteiger charge is -2.31. The zero-order chi connectivity index (χ0) is 23.5. The highest BCUT2D eigenvalue weighted by atomic mass is 32.2. The SMILES string of the molecule is COc1ccc(C(=O)O)cc1S(=O)(=O)Nc1ccccc1C(=O)N1CCC(C(N)=O)CC1. The number of amides is 2. The van der Waals surface area contributed by atoms with E-state index in [9.17, 15) is 27.9 Å². The predicted molar refractivity (Wildman–Crippen MR) is 115 cm³/mol. The molecule has 32 heavy (non-hydrogen) atoms. The minimum absolute atomic E-state index is 0.0392. The summed E-state index contributed by atoms with van der Waals surface area (Å²) in [6.45, 7) is 0.643. The van der Waals surface area contributed by atoms with Gasteiger partial charge in [0.2, 0.25) is 5.91 Å². The van der Waals surface area contributed by atoms with Crippen LogP contribution in [0.2, 0.25) is 0 Å². The number of para-hydroxylation sites is 1. The third-order valence-corrected chi connectivity index (χ3v) is 6.67.